The van der Waals surface area contributed by atoms with Gasteiger partial charge in [-0.1, -0.05) is 44.2 Å². The summed E-state index contributed by atoms with van der Waals surface area (Å²) in [6.45, 7) is 3.90. The van der Waals surface area contributed by atoms with Crippen LogP contribution in [0.3, 0.4) is 0 Å². The number of nitrogens with one attached hydrogen (secondary N) is 3. The number of carbonyl (C=O) groups is 4. The highest BCUT2D eigenvalue weighted by Crippen LogP contribution is 2.18. The third kappa shape index (κ3) is 8.46. The molecule has 3 amide bonds. The van der Waals surface area contributed by atoms with Gasteiger partial charge in [0, 0.05) is 12.5 Å². The highest BCUT2D eigenvalue weighted by Gasteiger charge is 2.35. The first kappa shape index (κ1) is 26.3. The van der Waals surface area contributed by atoms with E-state index in [1.807, 2.05) is 6.07 Å². The average molecular weight is 483 g/mol. The zero-order valence-electron chi connectivity index (χ0n) is 18.4. The van der Waals surface area contributed by atoms with Crippen LogP contribution in [-0.4, -0.2) is 54.6 Å². The molecule has 1 aliphatic rings. The molecule has 0 aromatic heterocycles. The molecule has 1 aromatic rings. The fraction of sp³-hybridized carbons (Fsp3) is 0.524. The Bertz CT molecular complexity index is 965. The molecule has 3 atom stereocenters. The summed E-state index contributed by atoms with van der Waals surface area (Å²) in [5.41, 5.74) is 0.735. The molecule has 0 unspecified atom stereocenters. The average Bonchev–Trinajstić information content (AvgIpc) is 3.14. The van der Waals surface area contributed by atoms with Crippen molar-refractivity contribution in [3.63, 3.8) is 0 Å². The molecule has 2 rings (SSSR count). The monoisotopic (exact) mass is 482 g/mol. The fourth-order valence-corrected chi connectivity index (χ4v) is 3.93. The zero-order valence-corrected chi connectivity index (χ0v) is 19.2. The summed E-state index contributed by atoms with van der Waals surface area (Å²) in [6.07, 6.45) is -0.739. The Hall–Kier alpha value is -2.99. The summed E-state index contributed by atoms with van der Waals surface area (Å²) in [4.78, 5) is 49.1. The van der Waals surface area contributed by atoms with Crippen molar-refractivity contribution < 1.29 is 36.9 Å². The minimum absolute atomic E-state index is 0.0327. The number of ether oxygens (including phenoxy) is 1. The maximum Gasteiger partial charge on any atom is 0.408 e. The van der Waals surface area contributed by atoms with Crippen LogP contribution in [0.15, 0.2) is 30.3 Å². The van der Waals surface area contributed by atoms with E-state index >= 15 is 0 Å². The smallest absolute Gasteiger partial charge is 0.408 e. The van der Waals surface area contributed by atoms with E-state index in [2.05, 4.69) is 16.0 Å². The van der Waals surface area contributed by atoms with Crippen molar-refractivity contribution in [3.8, 4) is 0 Å². The van der Waals surface area contributed by atoms with Crippen molar-refractivity contribution in [2.75, 3.05) is 6.54 Å². The van der Waals surface area contributed by atoms with E-state index in [0.29, 0.717) is 13.0 Å². The Balaban J connectivity index is 2.09. The van der Waals surface area contributed by atoms with Gasteiger partial charge in [0.05, 0.1) is 0 Å². The fourth-order valence-electron chi connectivity index (χ4n) is 3.43. The van der Waals surface area contributed by atoms with Gasteiger partial charge in [0.2, 0.25) is 11.8 Å². The highest BCUT2D eigenvalue weighted by molar-refractivity contribution is 8.01. The Morgan fingerprint density at radius 3 is 2.36 bits per heavy atom. The van der Waals surface area contributed by atoms with Gasteiger partial charge in [-0.2, -0.15) is 0 Å². The quantitative estimate of drug-likeness (QED) is 0.402. The van der Waals surface area contributed by atoms with Gasteiger partial charge < -0.3 is 25.2 Å². The van der Waals surface area contributed by atoms with Gasteiger partial charge in [-0.3, -0.25) is 14.4 Å². The maximum absolute atomic E-state index is 12.9. The van der Waals surface area contributed by atoms with Gasteiger partial charge >= 0.3 is 6.09 Å². The Morgan fingerprint density at radius 1 is 1.15 bits per heavy atom. The third-order valence-corrected chi connectivity index (χ3v) is 5.84. The standard InChI is InChI=1S/C21H29N3O8S/c1-13(2)10-16(24-21(28)32-12-14-6-4-3-5-7-14)19(26)23-17(20(27)33(29,30)31)11-15-8-9-22-18(15)25/h3-7,13,15-17H,8-12H2,1-2H3,(H,22,25)(H,23,26)(H,24,28)(H,29,30,31)/p-1/t15-,16-,17-/m0/s1. The molecule has 0 saturated carbocycles. The van der Waals surface area contributed by atoms with Crippen LogP contribution in [0.5, 0.6) is 0 Å². The molecule has 182 valence electrons. The number of hydrogen-bond acceptors (Lipinski definition) is 8. The molecule has 11 nitrogen and oxygen atoms in total. The van der Waals surface area contributed by atoms with E-state index in [-0.39, 0.29) is 25.4 Å². The van der Waals surface area contributed by atoms with E-state index in [9.17, 15) is 32.1 Å². The minimum Gasteiger partial charge on any atom is -0.742 e. The van der Waals surface area contributed by atoms with Crippen molar-refractivity contribution in [1.82, 2.24) is 16.0 Å². The summed E-state index contributed by atoms with van der Waals surface area (Å²) in [7, 11) is -5.37. The SMILES string of the molecule is CC(C)C[C@H](NC(=O)OCc1ccccc1)C(=O)N[C@@H](C[C@@H]1CCNC1=O)C(=O)S(=O)(=O)[O-]. The number of benzene rings is 1. The molecule has 0 bridgehead atoms. The summed E-state index contributed by atoms with van der Waals surface area (Å²) in [5, 5.41) is 5.46. The van der Waals surface area contributed by atoms with E-state index in [4.69, 9.17) is 4.74 Å². The van der Waals surface area contributed by atoms with E-state index in [0.717, 1.165) is 5.56 Å². The lowest BCUT2D eigenvalue weighted by molar-refractivity contribution is -0.128. The molecule has 1 fully saturated rings. The van der Waals surface area contributed by atoms with E-state index < -0.39 is 51.1 Å². The van der Waals surface area contributed by atoms with Crippen molar-refractivity contribution in [1.29, 1.82) is 0 Å². The lowest BCUT2D eigenvalue weighted by atomic mass is 9.98. The van der Waals surface area contributed by atoms with Crippen LogP contribution in [0.4, 0.5) is 4.79 Å². The second-order valence-corrected chi connectivity index (χ2v) is 9.55. The molecule has 33 heavy (non-hydrogen) atoms. The predicted octanol–water partition coefficient (Wildman–Crippen LogP) is 0.410. The first-order valence-electron chi connectivity index (χ1n) is 10.5. The number of carbonyl (C=O) groups excluding carboxylic acids is 4. The molecule has 1 saturated heterocycles. The lowest BCUT2D eigenvalue weighted by Crippen LogP contribution is -2.53. The Kier molecular flexibility index (Phi) is 9.35. The molecule has 1 aromatic carbocycles. The zero-order chi connectivity index (χ0) is 24.6. The third-order valence-electron chi connectivity index (χ3n) is 5.06. The normalized spacial score (nSPS) is 17.7. The molecule has 3 N–H and O–H groups in total. The van der Waals surface area contributed by atoms with Crippen LogP contribution in [0.25, 0.3) is 0 Å². The van der Waals surface area contributed by atoms with Gasteiger partial charge in [0.25, 0.3) is 5.12 Å². The van der Waals surface area contributed by atoms with Gasteiger partial charge in [-0.15, -0.1) is 0 Å². The largest absolute Gasteiger partial charge is 0.742 e. The van der Waals surface area contributed by atoms with Crippen molar-refractivity contribution in [2.24, 2.45) is 11.8 Å². The highest BCUT2D eigenvalue weighted by atomic mass is 32.2. The first-order chi connectivity index (χ1) is 15.5. The molecule has 1 heterocycles. The van der Waals surface area contributed by atoms with Crippen LogP contribution in [0.2, 0.25) is 0 Å². The molecule has 0 aliphatic carbocycles. The first-order valence-corrected chi connectivity index (χ1v) is 11.9. The number of hydrogen-bond donors (Lipinski definition) is 3. The minimum atomic E-state index is -5.37. The molecular formula is C21H28N3O8S-. The lowest BCUT2D eigenvalue weighted by Gasteiger charge is -2.25. The molecule has 0 spiro atoms. The summed E-state index contributed by atoms with van der Waals surface area (Å²) in [6, 6.07) is 5.99. The van der Waals surface area contributed by atoms with E-state index in [1.165, 1.54) is 0 Å². The maximum atomic E-state index is 12.9. The summed E-state index contributed by atoms with van der Waals surface area (Å²) >= 11 is 0. The second kappa shape index (κ2) is 11.8. The van der Waals surface area contributed by atoms with Crippen LogP contribution in [0, 0.1) is 11.8 Å². The Labute approximate surface area is 192 Å². The topological polar surface area (TPSA) is 171 Å². The second-order valence-electron chi connectivity index (χ2n) is 8.23. The van der Waals surface area contributed by atoms with Crippen LogP contribution >= 0.6 is 0 Å². The van der Waals surface area contributed by atoms with Crippen molar-refractivity contribution in [3.05, 3.63) is 35.9 Å². The van der Waals surface area contributed by atoms with Gasteiger partial charge in [-0.05, 0) is 30.7 Å². The summed E-state index contributed by atoms with van der Waals surface area (Å²) in [5.74, 6) is -2.05. The van der Waals surface area contributed by atoms with E-state index in [1.54, 1.807) is 38.1 Å². The van der Waals surface area contributed by atoms with Crippen LogP contribution in [0.1, 0.15) is 38.7 Å². The van der Waals surface area contributed by atoms with Crippen molar-refractivity contribution >= 4 is 33.1 Å². The van der Waals surface area contributed by atoms with Crippen molar-refractivity contribution in [2.45, 2.75) is 51.8 Å². The van der Waals surface area contributed by atoms with Gasteiger partial charge in [-0.25, -0.2) is 13.2 Å². The number of alkyl carbamates (subject to hydrolysis) is 1. The molecule has 12 heteroatoms. The molecule has 0 radical (unpaired) electrons. The number of rotatable bonds is 10. The Morgan fingerprint density at radius 2 is 1.82 bits per heavy atom. The van der Waals surface area contributed by atoms with Crippen LogP contribution in [-0.2, 0) is 35.8 Å². The number of amides is 3. The summed E-state index contributed by atoms with van der Waals surface area (Å²) < 4.78 is 39.0. The molecular weight excluding hydrogens is 454 g/mol. The molecule has 1 aliphatic heterocycles. The van der Waals surface area contributed by atoms with Gasteiger partial charge in [0.15, 0.2) is 10.1 Å². The predicted molar refractivity (Wildman–Crippen MR) is 115 cm³/mol. The van der Waals surface area contributed by atoms with Crippen LogP contribution < -0.4 is 16.0 Å². The van der Waals surface area contributed by atoms with Gasteiger partial charge in [0.1, 0.15) is 18.7 Å².